The Morgan fingerprint density at radius 1 is 1.10 bits per heavy atom. The van der Waals surface area contributed by atoms with Crippen LogP contribution in [-0.2, 0) is 14.3 Å². The van der Waals surface area contributed by atoms with Crippen molar-refractivity contribution in [1.29, 1.82) is 0 Å². The molecule has 0 saturated carbocycles. The minimum Gasteiger partial charge on any atom is -0.447 e. The Bertz CT molecular complexity index is 989. The monoisotopic (exact) mass is 392 g/mol. The highest BCUT2D eigenvalue weighted by Crippen LogP contribution is 2.26. The minimum absolute atomic E-state index is 0.0602. The number of nitrogens with zero attached hydrogens (tertiary/aromatic N) is 3. The maximum atomic E-state index is 12.8. The number of hydrazone groups is 1. The first-order valence-electron chi connectivity index (χ1n) is 9.31. The van der Waals surface area contributed by atoms with Crippen molar-refractivity contribution < 1.29 is 19.1 Å². The van der Waals surface area contributed by atoms with Gasteiger partial charge < -0.3 is 10.1 Å². The zero-order valence-corrected chi connectivity index (χ0v) is 15.9. The number of Topliss-reactive ketones (excluding diaryl/α,β-unsaturated/α-hetero) is 1. The van der Waals surface area contributed by atoms with Gasteiger partial charge in [-0.2, -0.15) is 5.10 Å². The molecule has 0 radical (unpaired) electrons. The van der Waals surface area contributed by atoms with Crippen molar-refractivity contribution in [1.82, 2.24) is 0 Å². The van der Waals surface area contributed by atoms with Gasteiger partial charge in [-0.3, -0.25) is 19.5 Å². The van der Waals surface area contributed by atoms with Crippen LogP contribution in [0.15, 0.2) is 59.7 Å². The van der Waals surface area contributed by atoms with Crippen LogP contribution in [0.1, 0.15) is 13.3 Å². The number of ether oxygens (including phenoxy) is 1. The summed E-state index contributed by atoms with van der Waals surface area (Å²) in [6.07, 6.45) is -0.176. The average Bonchev–Trinajstić information content (AvgIpc) is 3.35. The summed E-state index contributed by atoms with van der Waals surface area (Å²) in [6, 6.07) is 15.7. The number of amides is 2. The summed E-state index contributed by atoms with van der Waals surface area (Å²) in [4.78, 5) is 38.1. The number of rotatable bonds is 5. The maximum absolute atomic E-state index is 12.8. The molecule has 2 aromatic rings. The number of cyclic esters (lactones) is 1. The van der Waals surface area contributed by atoms with Crippen molar-refractivity contribution in [2.75, 3.05) is 28.4 Å². The van der Waals surface area contributed by atoms with Crippen molar-refractivity contribution >= 4 is 40.6 Å². The van der Waals surface area contributed by atoms with E-state index in [4.69, 9.17) is 4.74 Å². The SMILES string of the molecule is CC(=O)C1CC(C(=O)Nc2cccc(N3CCOC3=O)c2)=NN1c1ccccc1. The molecule has 0 spiro atoms. The van der Waals surface area contributed by atoms with Crippen molar-refractivity contribution in [3.63, 3.8) is 0 Å². The third-order valence-corrected chi connectivity index (χ3v) is 4.84. The van der Waals surface area contributed by atoms with Crippen LogP contribution in [0.4, 0.5) is 21.9 Å². The fraction of sp³-hybridized carbons (Fsp3) is 0.238. The van der Waals surface area contributed by atoms with Gasteiger partial charge in [0, 0.05) is 17.8 Å². The maximum Gasteiger partial charge on any atom is 0.414 e. The van der Waals surface area contributed by atoms with Crippen molar-refractivity contribution in [3.05, 3.63) is 54.6 Å². The van der Waals surface area contributed by atoms with E-state index in [0.717, 1.165) is 5.69 Å². The highest BCUT2D eigenvalue weighted by atomic mass is 16.6. The van der Waals surface area contributed by atoms with Crippen LogP contribution in [-0.4, -0.2) is 42.7 Å². The molecule has 1 unspecified atom stereocenters. The zero-order valence-electron chi connectivity index (χ0n) is 15.9. The van der Waals surface area contributed by atoms with E-state index in [2.05, 4.69) is 10.4 Å². The van der Waals surface area contributed by atoms with Crippen molar-refractivity contribution in [2.45, 2.75) is 19.4 Å². The predicted molar refractivity (Wildman–Crippen MR) is 109 cm³/mol. The molecule has 1 saturated heterocycles. The number of carbonyl (C=O) groups excluding carboxylic acids is 3. The zero-order chi connectivity index (χ0) is 20.4. The van der Waals surface area contributed by atoms with E-state index in [0.29, 0.717) is 24.5 Å². The smallest absolute Gasteiger partial charge is 0.414 e. The van der Waals surface area contributed by atoms with Gasteiger partial charge in [0.05, 0.1) is 12.2 Å². The molecule has 1 atom stereocenters. The van der Waals surface area contributed by atoms with E-state index in [1.165, 1.54) is 11.8 Å². The number of hydrogen-bond donors (Lipinski definition) is 1. The fourth-order valence-electron chi connectivity index (χ4n) is 3.37. The van der Waals surface area contributed by atoms with Gasteiger partial charge in [-0.25, -0.2) is 4.79 Å². The molecule has 2 aromatic carbocycles. The Labute approximate surface area is 167 Å². The standard InChI is InChI=1S/C21H20N4O4/c1-14(26)19-13-18(23-25(19)16-7-3-2-4-8-16)20(27)22-15-6-5-9-17(12-15)24-10-11-29-21(24)28/h2-9,12,19H,10-11,13H2,1H3,(H,22,27). The molecule has 2 aliphatic rings. The van der Waals surface area contributed by atoms with Crippen LogP contribution in [0.3, 0.4) is 0 Å². The molecule has 1 fully saturated rings. The van der Waals surface area contributed by atoms with Gasteiger partial charge in [-0.15, -0.1) is 0 Å². The van der Waals surface area contributed by atoms with Gasteiger partial charge in [0.2, 0.25) is 0 Å². The van der Waals surface area contributed by atoms with Crippen LogP contribution in [0.25, 0.3) is 0 Å². The van der Waals surface area contributed by atoms with E-state index >= 15 is 0 Å². The Morgan fingerprint density at radius 2 is 1.86 bits per heavy atom. The second kappa shape index (κ2) is 7.75. The molecule has 8 nitrogen and oxygen atoms in total. The highest BCUT2D eigenvalue weighted by Gasteiger charge is 2.34. The first kappa shape index (κ1) is 18.7. The van der Waals surface area contributed by atoms with Gasteiger partial charge in [-0.1, -0.05) is 24.3 Å². The molecule has 2 aliphatic heterocycles. The molecule has 0 bridgehead atoms. The largest absolute Gasteiger partial charge is 0.447 e. The third kappa shape index (κ3) is 3.82. The summed E-state index contributed by atoms with van der Waals surface area (Å²) < 4.78 is 4.95. The molecule has 4 rings (SSSR count). The quantitative estimate of drug-likeness (QED) is 0.845. The third-order valence-electron chi connectivity index (χ3n) is 4.84. The van der Waals surface area contributed by atoms with Crippen LogP contribution in [0, 0.1) is 0 Å². The Hall–Kier alpha value is -3.68. The molecular formula is C21H20N4O4. The summed E-state index contributed by atoms with van der Waals surface area (Å²) in [7, 11) is 0. The number of anilines is 3. The molecule has 2 amide bonds. The number of para-hydroxylation sites is 1. The van der Waals surface area contributed by atoms with E-state index < -0.39 is 12.1 Å². The van der Waals surface area contributed by atoms with Crippen molar-refractivity contribution in [2.24, 2.45) is 5.10 Å². The van der Waals surface area contributed by atoms with E-state index in [1.54, 1.807) is 29.3 Å². The Balaban J connectivity index is 1.52. The van der Waals surface area contributed by atoms with E-state index in [-0.39, 0.29) is 23.8 Å². The van der Waals surface area contributed by atoms with Crippen LogP contribution >= 0.6 is 0 Å². The number of carbonyl (C=O) groups is 3. The van der Waals surface area contributed by atoms with E-state index in [1.807, 2.05) is 30.3 Å². The molecule has 148 valence electrons. The molecule has 0 aromatic heterocycles. The Kier molecular flexibility index (Phi) is 4.99. The van der Waals surface area contributed by atoms with Gasteiger partial charge in [0.25, 0.3) is 5.91 Å². The second-order valence-electron chi connectivity index (χ2n) is 6.83. The lowest BCUT2D eigenvalue weighted by Crippen LogP contribution is -2.33. The number of ketones is 1. The summed E-state index contributed by atoms with van der Waals surface area (Å²) in [6.45, 7) is 2.30. The van der Waals surface area contributed by atoms with E-state index in [9.17, 15) is 14.4 Å². The fourth-order valence-corrected chi connectivity index (χ4v) is 3.37. The van der Waals surface area contributed by atoms with Crippen LogP contribution in [0.2, 0.25) is 0 Å². The first-order valence-corrected chi connectivity index (χ1v) is 9.31. The topological polar surface area (TPSA) is 91.3 Å². The highest BCUT2D eigenvalue weighted by molar-refractivity contribution is 6.44. The second-order valence-corrected chi connectivity index (χ2v) is 6.83. The summed E-state index contributed by atoms with van der Waals surface area (Å²) in [5.74, 6) is -0.439. The first-order chi connectivity index (χ1) is 14.0. The lowest BCUT2D eigenvalue weighted by Gasteiger charge is -2.20. The van der Waals surface area contributed by atoms with Gasteiger partial charge in [0.15, 0.2) is 5.78 Å². The Morgan fingerprint density at radius 3 is 2.55 bits per heavy atom. The van der Waals surface area contributed by atoms with Gasteiger partial charge >= 0.3 is 6.09 Å². The normalized spacial score (nSPS) is 18.4. The lowest BCUT2D eigenvalue weighted by molar-refractivity contribution is -0.118. The average molecular weight is 392 g/mol. The predicted octanol–water partition coefficient (Wildman–Crippen LogP) is 2.81. The molecule has 2 heterocycles. The van der Waals surface area contributed by atoms with Gasteiger partial charge in [-0.05, 0) is 37.3 Å². The molecule has 8 heteroatoms. The lowest BCUT2D eigenvalue weighted by atomic mass is 10.1. The molecule has 1 N–H and O–H groups in total. The molecular weight excluding hydrogens is 372 g/mol. The van der Waals surface area contributed by atoms with Crippen molar-refractivity contribution in [3.8, 4) is 0 Å². The number of hydrogen-bond acceptors (Lipinski definition) is 6. The molecule has 0 aliphatic carbocycles. The molecule has 29 heavy (non-hydrogen) atoms. The minimum atomic E-state index is -0.510. The van der Waals surface area contributed by atoms with Crippen LogP contribution in [0.5, 0.6) is 0 Å². The summed E-state index contributed by atoms with van der Waals surface area (Å²) >= 11 is 0. The summed E-state index contributed by atoms with van der Waals surface area (Å²) in [5, 5.41) is 8.80. The number of nitrogens with one attached hydrogen (secondary N) is 1. The van der Waals surface area contributed by atoms with Gasteiger partial charge in [0.1, 0.15) is 18.4 Å². The van der Waals surface area contributed by atoms with Crippen LogP contribution < -0.4 is 15.2 Å². The summed E-state index contributed by atoms with van der Waals surface area (Å²) in [5.41, 5.74) is 2.21. The number of benzene rings is 2.